The SMILES string of the molecule is O=C(CCc1c[nH]c2ccccc12)Oc1cccc(Cl)c1Cl. The quantitative estimate of drug-likeness (QED) is 0.538. The lowest BCUT2D eigenvalue weighted by Crippen LogP contribution is -2.09. The van der Waals surface area contributed by atoms with Crippen LogP contribution >= 0.6 is 23.2 Å². The van der Waals surface area contributed by atoms with Crippen molar-refractivity contribution in [1.29, 1.82) is 0 Å². The van der Waals surface area contributed by atoms with E-state index in [9.17, 15) is 4.79 Å². The lowest BCUT2D eigenvalue weighted by molar-refractivity contribution is -0.134. The number of aromatic nitrogens is 1. The zero-order valence-electron chi connectivity index (χ0n) is 11.6. The first-order valence-electron chi connectivity index (χ1n) is 6.85. The molecule has 1 heterocycles. The number of aromatic amines is 1. The second-order valence-electron chi connectivity index (χ2n) is 4.89. The van der Waals surface area contributed by atoms with Gasteiger partial charge in [0.15, 0.2) is 5.75 Å². The number of esters is 1. The van der Waals surface area contributed by atoms with Crippen molar-refractivity contribution in [2.24, 2.45) is 0 Å². The van der Waals surface area contributed by atoms with Gasteiger partial charge in [0.1, 0.15) is 5.02 Å². The fourth-order valence-corrected chi connectivity index (χ4v) is 2.64. The molecule has 0 unspecified atom stereocenters. The highest BCUT2D eigenvalue weighted by Crippen LogP contribution is 2.31. The Morgan fingerprint density at radius 2 is 1.91 bits per heavy atom. The predicted molar refractivity (Wildman–Crippen MR) is 88.7 cm³/mol. The van der Waals surface area contributed by atoms with Crippen LogP contribution in [0.15, 0.2) is 48.7 Å². The highest BCUT2D eigenvalue weighted by atomic mass is 35.5. The van der Waals surface area contributed by atoms with Crippen LogP contribution in [0.2, 0.25) is 10.0 Å². The molecule has 0 bridgehead atoms. The van der Waals surface area contributed by atoms with Crippen LogP contribution in [-0.2, 0) is 11.2 Å². The van der Waals surface area contributed by atoms with E-state index in [-0.39, 0.29) is 23.2 Å². The number of aryl methyl sites for hydroxylation is 1. The van der Waals surface area contributed by atoms with E-state index in [4.69, 9.17) is 27.9 Å². The van der Waals surface area contributed by atoms with Crippen LogP contribution in [0.25, 0.3) is 10.9 Å². The molecular weight excluding hydrogens is 321 g/mol. The molecule has 5 heteroatoms. The molecule has 0 spiro atoms. The summed E-state index contributed by atoms with van der Waals surface area (Å²) in [6.07, 6.45) is 2.79. The maximum Gasteiger partial charge on any atom is 0.311 e. The van der Waals surface area contributed by atoms with Crippen molar-refractivity contribution in [3.8, 4) is 5.75 Å². The monoisotopic (exact) mass is 333 g/mol. The number of para-hydroxylation sites is 1. The van der Waals surface area contributed by atoms with Gasteiger partial charge < -0.3 is 9.72 Å². The first kappa shape index (κ1) is 14.9. The van der Waals surface area contributed by atoms with Gasteiger partial charge in [0.05, 0.1) is 11.4 Å². The molecule has 3 rings (SSSR count). The predicted octanol–water partition coefficient (Wildman–Crippen LogP) is 5.01. The average Bonchev–Trinajstić information content (AvgIpc) is 2.93. The number of hydrogen-bond donors (Lipinski definition) is 1. The Morgan fingerprint density at radius 1 is 1.09 bits per heavy atom. The molecule has 0 saturated carbocycles. The average molecular weight is 334 g/mol. The third-order valence-corrected chi connectivity index (χ3v) is 4.21. The molecule has 0 radical (unpaired) electrons. The maximum absolute atomic E-state index is 12.0. The smallest absolute Gasteiger partial charge is 0.311 e. The Kier molecular flexibility index (Phi) is 4.36. The van der Waals surface area contributed by atoms with Crippen LogP contribution in [-0.4, -0.2) is 11.0 Å². The van der Waals surface area contributed by atoms with Crippen molar-refractivity contribution >= 4 is 40.1 Å². The highest BCUT2D eigenvalue weighted by molar-refractivity contribution is 6.43. The highest BCUT2D eigenvalue weighted by Gasteiger charge is 2.12. The molecule has 112 valence electrons. The van der Waals surface area contributed by atoms with Crippen molar-refractivity contribution in [2.45, 2.75) is 12.8 Å². The number of hydrogen-bond acceptors (Lipinski definition) is 2. The Morgan fingerprint density at radius 3 is 2.77 bits per heavy atom. The van der Waals surface area contributed by atoms with E-state index in [0.29, 0.717) is 11.4 Å². The zero-order valence-corrected chi connectivity index (χ0v) is 13.1. The maximum atomic E-state index is 12.0. The molecule has 2 aromatic carbocycles. The van der Waals surface area contributed by atoms with Crippen molar-refractivity contribution < 1.29 is 9.53 Å². The van der Waals surface area contributed by atoms with Gasteiger partial charge in [-0.25, -0.2) is 0 Å². The first-order chi connectivity index (χ1) is 10.6. The topological polar surface area (TPSA) is 42.1 Å². The number of H-pyrrole nitrogens is 1. The largest absolute Gasteiger partial charge is 0.425 e. The van der Waals surface area contributed by atoms with E-state index in [2.05, 4.69) is 4.98 Å². The van der Waals surface area contributed by atoms with Crippen LogP contribution in [0.5, 0.6) is 5.75 Å². The number of carbonyl (C=O) groups is 1. The fraction of sp³-hybridized carbons (Fsp3) is 0.118. The summed E-state index contributed by atoms with van der Waals surface area (Å²) in [5.41, 5.74) is 2.15. The second kappa shape index (κ2) is 6.42. The Hall–Kier alpha value is -1.97. The van der Waals surface area contributed by atoms with E-state index < -0.39 is 0 Å². The lowest BCUT2D eigenvalue weighted by Gasteiger charge is -2.06. The van der Waals surface area contributed by atoms with Gasteiger partial charge >= 0.3 is 5.97 Å². The van der Waals surface area contributed by atoms with Crippen LogP contribution < -0.4 is 4.74 Å². The van der Waals surface area contributed by atoms with Gasteiger partial charge in [-0.2, -0.15) is 0 Å². The third kappa shape index (κ3) is 3.11. The van der Waals surface area contributed by atoms with E-state index >= 15 is 0 Å². The van der Waals surface area contributed by atoms with E-state index in [0.717, 1.165) is 16.5 Å². The lowest BCUT2D eigenvalue weighted by atomic mass is 10.1. The summed E-state index contributed by atoms with van der Waals surface area (Å²) >= 11 is 11.9. The van der Waals surface area contributed by atoms with E-state index in [1.165, 1.54) is 0 Å². The van der Waals surface area contributed by atoms with Gasteiger partial charge in [-0.05, 0) is 30.2 Å². The standard InChI is InChI=1S/C17H13Cl2NO2/c18-13-5-3-7-15(17(13)19)22-16(21)9-8-11-10-20-14-6-2-1-4-12(11)14/h1-7,10,20H,8-9H2. The third-order valence-electron chi connectivity index (χ3n) is 3.41. The molecule has 0 aliphatic rings. The summed E-state index contributed by atoms with van der Waals surface area (Å²) in [6.45, 7) is 0. The number of nitrogens with one attached hydrogen (secondary N) is 1. The minimum absolute atomic E-state index is 0.254. The molecule has 0 amide bonds. The summed E-state index contributed by atoms with van der Waals surface area (Å²) in [7, 11) is 0. The van der Waals surface area contributed by atoms with Gasteiger partial charge in [-0.15, -0.1) is 0 Å². The molecule has 3 aromatic rings. The van der Waals surface area contributed by atoms with Gasteiger partial charge in [0.2, 0.25) is 0 Å². The molecule has 0 atom stereocenters. The minimum atomic E-state index is -0.338. The molecular formula is C17H13Cl2NO2. The van der Waals surface area contributed by atoms with Crippen molar-refractivity contribution in [3.05, 3.63) is 64.3 Å². The number of rotatable bonds is 4. The van der Waals surface area contributed by atoms with Crippen LogP contribution in [0, 0.1) is 0 Å². The van der Waals surface area contributed by atoms with Gasteiger partial charge in [-0.3, -0.25) is 4.79 Å². The molecule has 3 nitrogen and oxygen atoms in total. The minimum Gasteiger partial charge on any atom is -0.425 e. The summed E-state index contributed by atoms with van der Waals surface area (Å²) < 4.78 is 5.27. The summed E-state index contributed by atoms with van der Waals surface area (Å²) in [4.78, 5) is 15.2. The Labute approximate surface area is 137 Å². The van der Waals surface area contributed by atoms with Gasteiger partial charge in [0, 0.05) is 17.1 Å². The molecule has 0 aliphatic carbocycles. The molecule has 1 N–H and O–H groups in total. The Balaban J connectivity index is 1.66. The zero-order chi connectivity index (χ0) is 15.5. The number of carbonyl (C=O) groups excluding carboxylic acids is 1. The molecule has 0 fully saturated rings. The molecule has 22 heavy (non-hydrogen) atoms. The fourth-order valence-electron chi connectivity index (χ4n) is 2.31. The van der Waals surface area contributed by atoms with Crippen LogP contribution in [0.4, 0.5) is 0 Å². The summed E-state index contributed by atoms with van der Waals surface area (Å²) in [5, 5.41) is 1.74. The normalized spacial score (nSPS) is 10.8. The Bertz CT molecular complexity index is 826. The van der Waals surface area contributed by atoms with Crippen LogP contribution in [0.1, 0.15) is 12.0 Å². The van der Waals surface area contributed by atoms with Crippen molar-refractivity contribution in [2.75, 3.05) is 0 Å². The number of halogens is 2. The molecule has 0 aliphatic heterocycles. The van der Waals surface area contributed by atoms with Crippen LogP contribution in [0.3, 0.4) is 0 Å². The number of benzene rings is 2. The van der Waals surface area contributed by atoms with Gasteiger partial charge in [0.25, 0.3) is 0 Å². The summed E-state index contributed by atoms with van der Waals surface area (Å²) in [5.74, 6) is -0.0486. The second-order valence-corrected chi connectivity index (χ2v) is 5.67. The van der Waals surface area contributed by atoms with Crippen molar-refractivity contribution in [3.63, 3.8) is 0 Å². The number of fused-ring (bicyclic) bond motifs is 1. The number of ether oxygens (including phenoxy) is 1. The van der Waals surface area contributed by atoms with Gasteiger partial charge in [-0.1, -0.05) is 47.5 Å². The first-order valence-corrected chi connectivity index (χ1v) is 7.60. The summed E-state index contributed by atoms with van der Waals surface area (Å²) in [6, 6.07) is 12.9. The van der Waals surface area contributed by atoms with E-state index in [1.54, 1.807) is 18.2 Å². The van der Waals surface area contributed by atoms with Crippen molar-refractivity contribution in [1.82, 2.24) is 4.98 Å². The molecule has 0 saturated heterocycles. The van der Waals surface area contributed by atoms with E-state index in [1.807, 2.05) is 30.5 Å². The molecule has 1 aromatic heterocycles.